The van der Waals surface area contributed by atoms with E-state index in [-0.39, 0.29) is 16.5 Å². The minimum atomic E-state index is -0.336. The Morgan fingerprint density at radius 2 is 2.25 bits per heavy atom. The van der Waals surface area contributed by atoms with Gasteiger partial charge in [0.1, 0.15) is 0 Å². The van der Waals surface area contributed by atoms with Crippen molar-refractivity contribution in [1.82, 2.24) is 4.90 Å². The molecule has 1 N–H and O–H groups in total. The molecule has 0 saturated carbocycles. The highest BCUT2D eigenvalue weighted by molar-refractivity contribution is 5.87. The van der Waals surface area contributed by atoms with Crippen LogP contribution in [0.1, 0.15) is 25.3 Å². The second-order valence-electron chi connectivity index (χ2n) is 5.07. The van der Waals surface area contributed by atoms with E-state index in [9.17, 15) is 10.1 Å². The first-order valence-electron chi connectivity index (χ1n) is 6.81. The van der Waals surface area contributed by atoms with Crippen LogP contribution in [0.2, 0.25) is 0 Å². The fraction of sp³-hybridized carbons (Fsp3) is 0.500. The highest BCUT2D eigenvalue weighted by atomic mass is 16.6. The molecule has 0 bridgehead atoms. The van der Waals surface area contributed by atoms with Gasteiger partial charge in [0.05, 0.1) is 10.6 Å². The summed E-state index contributed by atoms with van der Waals surface area (Å²) in [5.74, 6) is 0.233. The first-order valence-corrected chi connectivity index (χ1v) is 6.81. The lowest BCUT2D eigenvalue weighted by molar-refractivity contribution is -0.385. The molecular weight excluding hydrogens is 258 g/mol. The molecule has 1 unspecified atom stereocenters. The maximum atomic E-state index is 11.0. The summed E-state index contributed by atoms with van der Waals surface area (Å²) in [5, 5.41) is 23.4. The molecule has 1 saturated heterocycles. The molecule has 0 spiro atoms. The van der Waals surface area contributed by atoms with E-state index >= 15 is 0 Å². The molecule has 20 heavy (non-hydrogen) atoms. The number of benzene rings is 1. The molecule has 0 aromatic heterocycles. The maximum absolute atomic E-state index is 11.0. The fourth-order valence-corrected chi connectivity index (χ4v) is 2.69. The van der Waals surface area contributed by atoms with Crippen molar-refractivity contribution in [1.29, 1.82) is 0 Å². The van der Waals surface area contributed by atoms with Crippen molar-refractivity contribution in [3.05, 3.63) is 39.9 Å². The minimum Gasteiger partial charge on any atom is -0.411 e. The van der Waals surface area contributed by atoms with Gasteiger partial charge in [-0.25, -0.2) is 0 Å². The van der Waals surface area contributed by atoms with Crippen LogP contribution in [0, 0.1) is 16.0 Å². The molecule has 2 rings (SSSR count). The Morgan fingerprint density at radius 1 is 1.50 bits per heavy atom. The van der Waals surface area contributed by atoms with Crippen molar-refractivity contribution in [2.75, 3.05) is 13.1 Å². The van der Waals surface area contributed by atoms with E-state index in [2.05, 4.69) is 17.0 Å². The largest absolute Gasteiger partial charge is 0.411 e. The number of nitrogens with zero attached hydrogens (tertiary/aromatic N) is 3. The van der Waals surface area contributed by atoms with Gasteiger partial charge in [-0.1, -0.05) is 30.3 Å². The van der Waals surface area contributed by atoms with Crippen LogP contribution in [0.4, 0.5) is 5.69 Å². The average molecular weight is 277 g/mol. The van der Waals surface area contributed by atoms with E-state index in [4.69, 9.17) is 5.21 Å². The molecule has 1 aromatic rings. The fourth-order valence-electron chi connectivity index (χ4n) is 2.69. The van der Waals surface area contributed by atoms with Gasteiger partial charge in [-0.15, -0.1) is 0 Å². The van der Waals surface area contributed by atoms with Crippen LogP contribution in [0.5, 0.6) is 0 Å². The highest BCUT2D eigenvalue weighted by Crippen LogP contribution is 2.23. The molecule has 0 amide bonds. The molecule has 1 aliphatic heterocycles. The number of oxime groups is 1. The Labute approximate surface area is 117 Å². The molecule has 1 fully saturated rings. The number of likely N-dealkylation sites (tertiary alicyclic amines) is 1. The molecule has 1 heterocycles. The smallest absolute Gasteiger partial charge is 0.273 e. The zero-order chi connectivity index (χ0) is 14.5. The third kappa shape index (κ3) is 3.14. The number of hydrogen-bond acceptors (Lipinski definition) is 5. The lowest BCUT2D eigenvalue weighted by atomic mass is 9.93. The van der Waals surface area contributed by atoms with Crippen molar-refractivity contribution in [3.63, 3.8) is 0 Å². The Morgan fingerprint density at radius 3 is 2.90 bits per heavy atom. The van der Waals surface area contributed by atoms with Crippen molar-refractivity contribution in [2.24, 2.45) is 11.1 Å². The lowest BCUT2D eigenvalue weighted by Crippen LogP contribution is -2.40. The van der Waals surface area contributed by atoms with Gasteiger partial charge in [-0.3, -0.25) is 15.0 Å². The van der Waals surface area contributed by atoms with Crippen LogP contribution in [0.15, 0.2) is 29.4 Å². The summed E-state index contributed by atoms with van der Waals surface area (Å²) in [5.41, 5.74) is 1.74. The van der Waals surface area contributed by atoms with Gasteiger partial charge in [-0.2, -0.15) is 0 Å². The summed E-state index contributed by atoms with van der Waals surface area (Å²) in [7, 11) is 0. The van der Waals surface area contributed by atoms with Gasteiger partial charge in [0.25, 0.3) is 5.69 Å². The van der Waals surface area contributed by atoms with Crippen molar-refractivity contribution in [3.8, 4) is 0 Å². The third-order valence-corrected chi connectivity index (χ3v) is 3.84. The topological polar surface area (TPSA) is 79.0 Å². The molecule has 1 atom stereocenters. The van der Waals surface area contributed by atoms with Gasteiger partial charge in [0.15, 0.2) is 0 Å². The zero-order valence-corrected chi connectivity index (χ0v) is 11.5. The van der Waals surface area contributed by atoms with Gasteiger partial charge >= 0.3 is 0 Å². The summed E-state index contributed by atoms with van der Waals surface area (Å²) in [6.07, 6.45) is 1.63. The number of hydrogen-bond donors (Lipinski definition) is 1. The van der Waals surface area contributed by atoms with Gasteiger partial charge in [0, 0.05) is 43.6 Å². The first-order chi connectivity index (χ1) is 9.65. The van der Waals surface area contributed by atoms with E-state index in [0.29, 0.717) is 6.54 Å². The number of para-hydroxylation sites is 1. The quantitative estimate of drug-likeness (QED) is 0.521. The highest BCUT2D eigenvalue weighted by Gasteiger charge is 2.26. The molecule has 6 heteroatoms. The number of nitro benzene ring substituents is 1. The van der Waals surface area contributed by atoms with Crippen LogP contribution < -0.4 is 0 Å². The molecule has 1 aromatic carbocycles. The second kappa shape index (κ2) is 6.47. The van der Waals surface area contributed by atoms with Crippen molar-refractivity contribution in [2.45, 2.75) is 26.3 Å². The summed E-state index contributed by atoms with van der Waals surface area (Å²) < 4.78 is 0. The molecule has 6 nitrogen and oxygen atoms in total. The summed E-state index contributed by atoms with van der Waals surface area (Å²) in [6, 6.07) is 6.85. The number of piperidine rings is 1. The monoisotopic (exact) mass is 277 g/mol. The van der Waals surface area contributed by atoms with Crippen LogP contribution in [0.25, 0.3) is 0 Å². The predicted molar refractivity (Wildman–Crippen MR) is 76.0 cm³/mol. The van der Waals surface area contributed by atoms with Gasteiger partial charge < -0.3 is 5.21 Å². The van der Waals surface area contributed by atoms with Crippen LogP contribution >= 0.6 is 0 Å². The average Bonchev–Trinajstić information content (AvgIpc) is 2.47. The first kappa shape index (κ1) is 14.5. The Bertz CT molecular complexity index is 516. The van der Waals surface area contributed by atoms with E-state index in [1.54, 1.807) is 12.1 Å². The summed E-state index contributed by atoms with van der Waals surface area (Å²) in [6.45, 7) is 4.17. The molecular formula is C14H19N3O3. The predicted octanol–water partition coefficient (Wildman–Crippen LogP) is 2.66. The molecule has 1 aliphatic rings. The van der Waals surface area contributed by atoms with Crippen LogP contribution in [-0.4, -0.2) is 33.8 Å². The van der Waals surface area contributed by atoms with E-state index in [1.807, 2.05) is 6.07 Å². The molecule has 108 valence electrons. The van der Waals surface area contributed by atoms with Crippen LogP contribution in [-0.2, 0) is 6.54 Å². The number of rotatable bonds is 4. The standard InChI is InChI=1S/C14H19N3O3/c1-2-11-9-16(8-7-13(11)15-18)10-12-5-3-4-6-14(12)17(19)20/h3-6,11,18H,2,7-10H2,1H3/b15-13+. The Balaban J connectivity index is 2.10. The zero-order valence-electron chi connectivity index (χ0n) is 11.5. The third-order valence-electron chi connectivity index (χ3n) is 3.84. The number of nitro groups is 1. The lowest BCUT2D eigenvalue weighted by Gasteiger charge is -2.32. The van der Waals surface area contributed by atoms with E-state index < -0.39 is 0 Å². The maximum Gasteiger partial charge on any atom is 0.273 e. The normalized spacial score (nSPS) is 22.1. The molecule has 0 aliphatic carbocycles. The summed E-state index contributed by atoms with van der Waals surface area (Å²) in [4.78, 5) is 12.9. The second-order valence-corrected chi connectivity index (χ2v) is 5.07. The van der Waals surface area contributed by atoms with Crippen molar-refractivity contribution >= 4 is 11.4 Å². The van der Waals surface area contributed by atoms with Crippen molar-refractivity contribution < 1.29 is 10.1 Å². The molecule has 0 radical (unpaired) electrons. The minimum absolute atomic E-state index is 0.169. The Kier molecular flexibility index (Phi) is 4.68. The summed E-state index contributed by atoms with van der Waals surface area (Å²) >= 11 is 0. The van der Waals surface area contributed by atoms with Gasteiger partial charge in [0.2, 0.25) is 0 Å². The SMILES string of the molecule is CCC1CN(Cc2ccccc2[N+](=O)[O-])CC/C1=N\O. The van der Waals surface area contributed by atoms with E-state index in [1.165, 1.54) is 6.07 Å². The van der Waals surface area contributed by atoms with Gasteiger partial charge in [-0.05, 0) is 6.42 Å². The van der Waals surface area contributed by atoms with Crippen LogP contribution in [0.3, 0.4) is 0 Å². The Hall–Kier alpha value is -1.95. The van der Waals surface area contributed by atoms with E-state index in [0.717, 1.165) is 37.2 Å².